The molecule has 0 saturated heterocycles. The van der Waals surface area contributed by atoms with Crippen molar-refractivity contribution in [2.45, 2.75) is 0 Å². The van der Waals surface area contributed by atoms with Crippen molar-refractivity contribution in [3.8, 4) is 0 Å². The minimum absolute atomic E-state index is 0.428. The zero-order valence-electron chi connectivity index (χ0n) is 6.80. The van der Waals surface area contributed by atoms with Gasteiger partial charge in [-0.1, -0.05) is 0 Å². The lowest BCUT2D eigenvalue weighted by atomic mass is 10.2. The third-order valence-electron chi connectivity index (χ3n) is 1.06. The fourth-order valence-corrected chi connectivity index (χ4v) is 0.527. The maximum absolute atomic E-state index is 11.8. The molecule has 0 heterocycles. The van der Waals surface area contributed by atoms with E-state index in [1.807, 2.05) is 0 Å². The molecule has 0 aliphatic rings. The molecule has 0 bridgehead atoms. The summed E-state index contributed by atoms with van der Waals surface area (Å²) < 4.78 is 20.4. The second-order valence-corrected chi connectivity index (χ2v) is 1.82. The number of esters is 1. The van der Waals surface area contributed by atoms with Gasteiger partial charge in [0.15, 0.2) is 6.67 Å². The van der Waals surface area contributed by atoms with Gasteiger partial charge in [-0.05, 0) is 0 Å². The lowest BCUT2D eigenvalue weighted by Crippen LogP contribution is -2.16. The van der Waals surface area contributed by atoms with E-state index in [1.165, 1.54) is 7.11 Å². The number of alkyl halides is 1. The number of ketones is 1. The van der Waals surface area contributed by atoms with Crippen LogP contribution in [0.4, 0.5) is 4.39 Å². The highest BCUT2D eigenvalue weighted by molar-refractivity contribution is 6.17. The van der Waals surface area contributed by atoms with Crippen LogP contribution < -0.4 is 0 Å². The summed E-state index contributed by atoms with van der Waals surface area (Å²) in [7, 11) is 2.34. The van der Waals surface area contributed by atoms with Crippen molar-refractivity contribution in [1.82, 2.24) is 0 Å². The molecule has 0 saturated carbocycles. The first-order chi connectivity index (χ1) is 5.67. The third-order valence-corrected chi connectivity index (χ3v) is 1.06. The average Bonchev–Trinajstić information content (AvgIpc) is 2.11. The lowest BCUT2D eigenvalue weighted by Gasteiger charge is -2.00. The van der Waals surface area contributed by atoms with Gasteiger partial charge in [-0.25, -0.2) is 9.18 Å². The minimum atomic E-state index is -1.25. The SMILES string of the molecule is COC=C(C(=O)CF)C(=O)OC. The second-order valence-electron chi connectivity index (χ2n) is 1.82. The van der Waals surface area contributed by atoms with Gasteiger partial charge in [0.2, 0.25) is 5.78 Å². The predicted octanol–water partition coefficient (Wildman–Crippen LogP) is 0.228. The first kappa shape index (κ1) is 10.6. The Kier molecular flexibility index (Phi) is 4.67. The molecule has 0 unspecified atom stereocenters. The minimum Gasteiger partial charge on any atom is -0.503 e. The monoisotopic (exact) mass is 176 g/mol. The van der Waals surface area contributed by atoms with Gasteiger partial charge in [-0.3, -0.25) is 4.79 Å². The van der Waals surface area contributed by atoms with Gasteiger partial charge in [0, 0.05) is 0 Å². The van der Waals surface area contributed by atoms with Crippen LogP contribution >= 0.6 is 0 Å². The fourth-order valence-electron chi connectivity index (χ4n) is 0.527. The molecule has 0 amide bonds. The zero-order valence-corrected chi connectivity index (χ0v) is 6.80. The van der Waals surface area contributed by atoms with E-state index in [2.05, 4.69) is 9.47 Å². The molecule has 68 valence electrons. The molecule has 0 radical (unpaired) electrons. The van der Waals surface area contributed by atoms with Crippen LogP contribution in [0.1, 0.15) is 0 Å². The standard InChI is InChI=1S/C7H9FO4/c1-11-4-5(6(9)3-8)7(10)12-2/h4H,3H2,1-2H3. The van der Waals surface area contributed by atoms with Crippen molar-refractivity contribution in [3.63, 3.8) is 0 Å². The van der Waals surface area contributed by atoms with Crippen LogP contribution in [-0.2, 0) is 19.1 Å². The van der Waals surface area contributed by atoms with Gasteiger partial charge >= 0.3 is 5.97 Å². The lowest BCUT2D eigenvalue weighted by molar-refractivity contribution is -0.138. The van der Waals surface area contributed by atoms with E-state index in [0.29, 0.717) is 0 Å². The molecule has 4 nitrogen and oxygen atoms in total. The summed E-state index contributed by atoms with van der Waals surface area (Å²) in [5.41, 5.74) is -0.428. The van der Waals surface area contributed by atoms with Crippen LogP contribution in [0.5, 0.6) is 0 Å². The molecule has 0 aliphatic carbocycles. The Bertz CT molecular complexity index is 191. The summed E-state index contributed by atoms with van der Waals surface area (Å²) in [6.45, 7) is -1.25. The Hall–Kier alpha value is -1.39. The Labute approximate surface area is 69.0 Å². The maximum atomic E-state index is 11.8. The molecule has 0 atom stereocenters. The molecule has 0 aromatic rings. The summed E-state index contributed by atoms with van der Waals surface area (Å²) in [4.78, 5) is 21.4. The molecule has 12 heavy (non-hydrogen) atoms. The topological polar surface area (TPSA) is 52.6 Å². The average molecular weight is 176 g/mol. The summed E-state index contributed by atoms with van der Waals surface area (Å²) in [5.74, 6) is -1.86. The largest absolute Gasteiger partial charge is 0.503 e. The van der Waals surface area contributed by atoms with E-state index in [1.54, 1.807) is 0 Å². The summed E-state index contributed by atoms with van der Waals surface area (Å²) >= 11 is 0. The molecule has 0 spiro atoms. The fraction of sp³-hybridized carbons (Fsp3) is 0.429. The number of rotatable bonds is 4. The Balaban J connectivity index is 4.55. The first-order valence-corrected chi connectivity index (χ1v) is 3.07. The van der Waals surface area contributed by atoms with Crippen molar-refractivity contribution in [2.75, 3.05) is 20.9 Å². The normalized spacial score (nSPS) is 10.8. The van der Waals surface area contributed by atoms with Gasteiger partial charge in [0.1, 0.15) is 11.8 Å². The highest BCUT2D eigenvalue weighted by atomic mass is 19.1. The van der Waals surface area contributed by atoms with Crippen LogP contribution in [-0.4, -0.2) is 32.6 Å². The number of hydrogen-bond donors (Lipinski definition) is 0. The van der Waals surface area contributed by atoms with Crippen LogP contribution in [0.25, 0.3) is 0 Å². The Morgan fingerprint density at radius 1 is 1.42 bits per heavy atom. The molecule has 5 heteroatoms. The van der Waals surface area contributed by atoms with E-state index >= 15 is 0 Å². The molecule has 0 N–H and O–H groups in total. The zero-order chi connectivity index (χ0) is 9.56. The first-order valence-electron chi connectivity index (χ1n) is 3.07. The van der Waals surface area contributed by atoms with Crippen molar-refractivity contribution in [1.29, 1.82) is 0 Å². The predicted molar refractivity (Wildman–Crippen MR) is 38.1 cm³/mol. The van der Waals surface area contributed by atoms with E-state index in [0.717, 1.165) is 13.4 Å². The highest BCUT2D eigenvalue weighted by Gasteiger charge is 2.18. The molecule has 0 aromatic carbocycles. The number of Topliss-reactive ketones (excluding diaryl/α,β-unsaturated/α-hetero) is 1. The van der Waals surface area contributed by atoms with Gasteiger partial charge in [-0.15, -0.1) is 0 Å². The quantitative estimate of drug-likeness (QED) is 0.202. The third kappa shape index (κ3) is 2.69. The Morgan fingerprint density at radius 2 is 2.00 bits per heavy atom. The number of carbonyl (C=O) groups is 2. The smallest absolute Gasteiger partial charge is 0.344 e. The van der Waals surface area contributed by atoms with Gasteiger partial charge < -0.3 is 9.47 Å². The maximum Gasteiger partial charge on any atom is 0.344 e. The summed E-state index contributed by atoms with van der Waals surface area (Å²) in [6, 6.07) is 0. The Morgan fingerprint density at radius 3 is 2.33 bits per heavy atom. The molecule has 0 aliphatic heterocycles. The van der Waals surface area contributed by atoms with Crippen LogP contribution in [0.15, 0.2) is 11.8 Å². The van der Waals surface area contributed by atoms with Gasteiger partial charge in [0.05, 0.1) is 14.2 Å². The molecule has 0 fully saturated rings. The van der Waals surface area contributed by atoms with Crippen molar-refractivity contribution >= 4 is 11.8 Å². The summed E-state index contributed by atoms with van der Waals surface area (Å²) in [6.07, 6.45) is 0.855. The molecule has 0 aromatic heterocycles. The second kappa shape index (κ2) is 5.29. The molecule has 0 rings (SSSR count). The van der Waals surface area contributed by atoms with Crippen molar-refractivity contribution in [2.24, 2.45) is 0 Å². The van der Waals surface area contributed by atoms with E-state index < -0.39 is 24.0 Å². The number of methoxy groups -OCH3 is 2. The van der Waals surface area contributed by atoms with Crippen LogP contribution in [0.3, 0.4) is 0 Å². The number of hydrogen-bond acceptors (Lipinski definition) is 4. The van der Waals surface area contributed by atoms with Crippen molar-refractivity contribution < 1.29 is 23.5 Å². The van der Waals surface area contributed by atoms with E-state index in [9.17, 15) is 14.0 Å². The molecular formula is C7H9FO4. The van der Waals surface area contributed by atoms with Crippen LogP contribution in [0, 0.1) is 0 Å². The summed E-state index contributed by atoms with van der Waals surface area (Å²) in [5, 5.41) is 0. The number of halogens is 1. The number of ether oxygens (including phenoxy) is 2. The van der Waals surface area contributed by atoms with E-state index in [4.69, 9.17) is 0 Å². The van der Waals surface area contributed by atoms with E-state index in [-0.39, 0.29) is 0 Å². The number of carbonyl (C=O) groups excluding carboxylic acids is 2. The van der Waals surface area contributed by atoms with Gasteiger partial charge in [0.25, 0.3) is 0 Å². The van der Waals surface area contributed by atoms with Crippen LogP contribution in [0.2, 0.25) is 0 Å². The highest BCUT2D eigenvalue weighted by Crippen LogP contribution is 2.00. The molecular weight excluding hydrogens is 167 g/mol. The van der Waals surface area contributed by atoms with Gasteiger partial charge in [-0.2, -0.15) is 0 Å². The van der Waals surface area contributed by atoms with Crippen molar-refractivity contribution in [3.05, 3.63) is 11.8 Å².